The topological polar surface area (TPSA) is 135 Å². The smallest absolute Gasteiger partial charge is 0.270 e. The van der Waals surface area contributed by atoms with Gasteiger partial charge in [-0.25, -0.2) is 0 Å². The Morgan fingerprint density at radius 1 is 1.00 bits per heavy atom. The second-order valence-electron chi connectivity index (χ2n) is 8.04. The third-order valence-corrected chi connectivity index (χ3v) is 6.78. The van der Waals surface area contributed by atoms with E-state index < -0.39 is 23.8 Å². The van der Waals surface area contributed by atoms with Gasteiger partial charge in [-0.2, -0.15) is 0 Å². The Bertz CT molecular complexity index is 1540. The molecule has 0 radical (unpaired) electrons. The van der Waals surface area contributed by atoms with Gasteiger partial charge in [0, 0.05) is 17.1 Å². The second kappa shape index (κ2) is 9.81. The standard InChI is InChI=1S/C25H17Cl2N3O6S/c1-11-6-13(12(2)29(11)16-8-14(23(33)34)7-15(9-16)24(35)36)10-17-21(31)28-25(37)30(22(17)32)19-5-3-4-18(26)20(19)27/h3-10H,1-2H3,(H,33,34)(H,35,36)(H,28,31,37)/p-2/b17-10+. The highest BCUT2D eigenvalue weighted by Crippen LogP contribution is 2.34. The summed E-state index contributed by atoms with van der Waals surface area (Å²) in [6.45, 7) is 3.35. The minimum atomic E-state index is -1.56. The predicted molar refractivity (Wildman–Crippen MR) is 137 cm³/mol. The average molecular weight is 556 g/mol. The fraction of sp³-hybridized carbons (Fsp3) is 0.0800. The summed E-state index contributed by atoms with van der Waals surface area (Å²) in [5.41, 5.74) is 0.951. The Hall–Kier alpha value is -3.99. The first-order chi connectivity index (χ1) is 17.4. The SMILES string of the molecule is Cc1cc(/C=C2\C(=O)NC(=S)N(c3cccc(Cl)c3Cl)C2=O)c(C)n1-c1cc(C(=O)[O-])cc(C(=O)[O-])c1. The number of aromatic nitrogens is 1. The number of thiocarbonyl (C=S) groups is 1. The first-order valence-electron chi connectivity index (χ1n) is 10.5. The summed E-state index contributed by atoms with van der Waals surface area (Å²) in [7, 11) is 0. The van der Waals surface area contributed by atoms with Crippen LogP contribution in [-0.4, -0.2) is 33.4 Å². The Morgan fingerprint density at radius 2 is 1.62 bits per heavy atom. The molecule has 0 saturated carbocycles. The number of benzene rings is 2. The van der Waals surface area contributed by atoms with Crippen molar-refractivity contribution in [1.29, 1.82) is 0 Å². The highest BCUT2D eigenvalue weighted by molar-refractivity contribution is 7.80. The molecule has 1 N–H and O–H groups in total. The molecule has 188 valence electrons. The van der Waals surface area contributed by atoms with Crippen molar-refractivity contribution in [2.24, 2.45) is 0 Å². The van der Waals surface area contributed by atoms with Crippen molar-refractivity contribution in [3.63, 3.8) is 0 Å². The summed E-state index contributed by atoms with van der Waals surface area (Å²) in [5, 5.41) is 25.4. The lowest BCUT2D eigenvalue weighted by molar-refractivity contribution is -0.255. The van der Waals surface area contributed by atoms with Crippen molar-refractivity contribution in [1.82, 2.24) is 9.88 Å². The number of nitrogens with zero attached hydrogens (tertiary/aromatic N) is 2. The predicted octanol–water partition coefficient (Wildman–Crippen LogP) is 1.96. The number of aromatic carboxylic acids is 2. The van der Waals surface area contributed by atoms with Crippen molar-refractivity contribution in [3.8, 4) is 5.69 Å². The van der Waals surface area contributed by atoms with Gasteiger partial charge in [0.1, 0.15) is 5.57 Å². The summed E-state index contributed by atoms with van der Waals surface area (Å²) >= 11 is 17.6. The molecule has 9 nitrogen and oxygen atoms in total. The maximum Gasteiger partial charge on any atom is 0.270 e. The summed E-state index contributed by atoms with van der Waals surface area (Å²) in [6.07, 6.45) is 1.35. The summed E-state index contributed by atoms with van der Waals surface area (Å²) in [6, 6.07) is 9.73. The van der Waals surface area contributed by atoms with Crippen LogP contribution in [-0.2, 0) is 9.59 Å². The molecule has 1 saturated heterocycles. The molecular formula is C25H15Cl2N3O6S-2. The number of rotatable bonds is 5. The van der Waals surface area contributed by atoms with Crippen molar-refractivity contribution >= 4 is 76.0 Å². The Morgan fingerprint density at radius 3 is 2.22 bits per heavy atom. The van der Waals surface area contributed by atoms with E-state index >= 15 is 0 Å². The van der Waals surface area contributed by atoms with Crippen LogP contribution in [0.4, 0.5) is 5.69 Å². The maximum atomic E-state index is 13.4. The molecule has 0 spiro atoms. The number of aryl methyl sites for hydroxylation is 1. The van der Waals surface area contributed by atoms with Gasteiger partial charge in [0.05, 0.1) is 27.7 Å². The Balaban J connectivity index is 1.82. The molecule has 1 aromatic heterocycles. The van der Waals surface area contributed by atoms with E-state index in [1.165, 1.54) is 30.3 Å². The third kappa shape index (κ3) is 4.74. The number of hydrogen-bond acceptors (Lipinski definition) is 7. The number of carboxylic acids is 2. The van der Waals surface area contributed by atoms with Crippen LogP contribution in [0.5, 0.6) is 0 Å². The molecule has 2 amide bonds. The van der Waals surface area contributed by atoms with E-state index in [-0.39, 0.29) is 43.2 Å². The molecular weight excluding hydrogens is 541 g/mol. The quantitative estimate of drug-likeness (QED) is 0.289. The molecule has 4 rings (SSSR count). The van der Waals surface area contributed by atoms with Crippen LogP contribution in [0, 0.1) is 13.8 Å². The number of carboxylic acid groups (broad SMARTS) is 2. The number of carbonyl (C=O) groups is 4. The average Bonchev–Trinajstić information content (AvgIpc) is 3.11. The fourth-order valence-corrected chi connectivity index (χ4v) is 4.66. The zero-order valence-electron chi connectivity index (χ0n) is 19.1. The number of anilines is 1. The molecule has 12 heteroatoms. The van der Waals surface area contributed by atoms with Crippen molar-refractivity contribution in [2.75, 3.05) is 4.90 Å². The molecule has 1 aliphatic rings. The molecule has 0 unspecified atom stereocenters. The van der Waals surface area contributed by atoms with Gasteiger partial charge in [-0.05, 0) is 85.2 Å². The molecule has 3 aromatic rings. The van der Waals surface area contributed by atoms with Crippen LogP contribution < -0.4 is 20.4 Å². The maximum absolute atomic E-state index is 13.4. The van der Waals surface area contributed by atoms with E-state index in [2.05, 4.69) is 5.32 Å². The zero-order chi connectivity index (χ0) is 27.2. The van der Waals surface area contributed by atoms with Gasteiger partial charge in [0.2, 0.25) is 0 Å². The van der Waals surface area contributed by atoms with Gasteiger partial charge < -0.3 is 24.4 Å². The lowest BCUT2D eigenvalue weighted by Crippen LogP contribution is -2.54. The largest absolute Gasteiger partial charge is 0.545 e. The van der Waals surface area contributed by atoms with Crippen LogP contribution in [0.3, 0.4) is 0 Å². The molecule has 2 heterocycles. The van der Waals surface area contributed by atoms with E-state index in [1.807, 2.05) is 0 Å². The van der Waals surface area contributed by atoms with Crippen LogP contribution in [0.15, 0.2) is 48.0 Å². The van der Waals surface area contributed by atoms with E-state index in [4.69, 9.17) is 35.4 Å². The first kappa shape index (κ1) is 26.1. The fourth-order valence-electron chi connectivity index (χ4n) is 4.00. The monoisotopic (exact) mass is 555 g/mol. The summed E-state index contributed by atoms with van der Waals surface area (Å²) < 4.78 is 1.58. The molecule has 2 aromatic carbocycles. The Kier molecular flexibility index (Phi) is 6.92. The molecule has 0 atom stereocenters. The van der Waals surface area contributed by atoms with Crippen molar-refractivity contribution in [3.05, 3.63) is 86.2 Å². The van der Waals surface area contributed by atoms with Gasteiger partial charge in [0.15, 0.2) is 5.11 Å². The van der Waals surface area contributed by atoms with Crippen LogP contribution in [0.1, 0.15) is 37.7 Å². The summed E-state index contributed by atoms with van der Waals surface area (Å²) in [5.74, 6) is -4.59. The van der Waals surface area contributed by atoms with Crippen LogP contribution in [0.25, 0.3) is 11.8 Å². The Labute approximate surface area is 225 Å². The number of amides is 2. The number of halogens is 2. The normalized spacial score (nSPS) is 14.8. The molecule has 0 bridgehead atoms. The lowest BCUT2D eigenvalue weighted by atomic mass is 10.1. The highest BCUT2D eigenvalue weighted by Gasteiger charge is 2.36. The highest BCUT2D eigenvalue weighted by atomic mass is 35.5. The van der Waals surface area contributed by atoms with Crippen LogP contribution >= 0.6 is 35.4 Å². The molecule has 1 fully saturated rings. The van der Waals surface area contributed by atoms with Crippen molar-refractivity contribution in [2.45, 2.75) is 13.8 Å². The van der Waals surface area contributed by atoms with Gasteiger partial charge in [-0.15, -0.1) is 0 Å². The molecule has 37 heavy (non-hydrogen) atoms. The molecule has 0 aliphatic carbocycles. The number of hydrogen-bond donors (Lipinski definition) is 1. The first-order valence-corrected chi connectivity index (χ1v) is 11.7. The van der Waals surface area contributed by atoms with Crippen molar-refractivity contribution < 1.29 is 29.4 Å². The second-order valence-corrected chi connectivity index (χ2v) is 9.21. The van der Waals surface area contributed by atoms with E-state index in [9.17, 15) is 29.4 Å². The summed E-state index contributed by atoms with van der Waals surface area (Å²) in [4.78, 5) is 50.0. The third-order valence-electron chi connectivity index (χ3n) is 5.69. The minimum absolute atomic E-state index is 0.0741. The lowest BCUT2D eigenvalue weighted by Gasteiger charge is -2.29. The van der Waals surface area contributed by atoms with Gasteiger partial charge in [-0.1, -0.05) is 29.3 Å². The van der Waals surface area contributed by atoms with Gasteiger partial charge in [-0.3, -0.25) is 19.8 Å². The number of nitrogens with one attached hydrogen (secondary N) is 1. The number of carbonyl (C=O) groups excluding carboxylic acids is 4. The van der Waals surface area contributed by atoms with E-state index in [0.29, 0.717) is 17.0 Å². The minimum Gasteiger partial charge on any atom is -0.545 e. The van der Waals surface area contributed by atoms with E-state index in [1.54, 1.807) is 30.5 Å². The zero-order valence-corrected chi connectivity index (χ0v) is 21.5. The van der Waals surface area contributed by atoms with E-state index in [0.717, 1.165) is 11.0 Å². The van der Waals surface area contributed by atoms with Crippen LogP contribution in [0.2, 0.25) is 10.0 Å². The molecule has 1 aliphatic heterocycles. The van der Waals surface area contributed by atoms with Gasteiger partial charge in [0.25, 0.3) is 11.8 Å². The van der Waals surface area contributed by atoms with Gasteiger partial charge >= 0.3 is 0 Å².